The molecule has 0 spiro atoms. The molecule has 4 aromatic rings. The highest BCUT2D eigenvalue weighted by atomic mass is 127. The quantitative estimate of drug-likeness (QED) is 0.359. The third kappa shape index (κ3) is 4.18. The Hall–Kier alpha value is -3.61. The summed E-state index contributed by atoms with van der Waals surface area (Å²) in [5, 5.41) is 9.39. The summed E-state index contributed by atoms with van der Waals surface area (Å²) in [5.41, 5.74) is -1.03. The van der Waals surface area contributed by atoms with Gasteiger partial charge in [0, 0.05) is 35.8 Å². The molecule has 2 aromatic carbocycles. The van der Waals surface area contributed by atoms with E-state index >= 15 is 4.39 Å². The number of halogens is 3. The van der Waals surface area contributed by atoms with E-state index in [2.05, 4.69) is 15.7 Å². The molecule has 0 saturated carbocycles. The van der Waals surface area contributed by atoms with Crippen molar-refractivity contribution in [1.29, 1.82) is 0 Å². The van der Waals surface area contributed by atoms with Gasteiger partial charge in [-0.1, -0.05) is 12.1 Å². The zero-order chi connectivity index (χ0) is 24.7. The number of fused-ring (bicyclic) bond motifs is 1. The number of pyridine rings is 1. The van der Waals surface area contributed by atoms with Crippen LogP contribution in [0.3, 0.4) is 0 Å². The van der Waals surface area contributed by atoms with Gasteiger partial charge in [0.25, 0.3) is 11.1 Å². The third-order valence-corrected chi connectivity index (χ3v) is 5.83. The van der Waals surface area contributed by atoms with Gasteiger partial charge in [0.15, 0.2) is 0 Å². The maximum Gasteiger partial charge on any atom is 0.289 e. The van der Waals surface area contributed by atoms with Gasteiger partial charge < -0.3 is 15.2 Å². The minimum absolute atomic E-state index is 0.0582. The molecule has 34 heavy (non-hydrogen) atoms. The Balaban J connectivity index is 2.07. The average Bonchev–Trinajstić information content (AvgIpc) is 2.78. The normalized spacial score (nSPS) is 11.0. The number of carbonyl (C=O) groups is 1. The summed E-state index contributed by atoms with van der Waals surface area (Å²) in [5.74, 6) is -2.18. The Morgan fingerprint density at radius 2 is 1.79 bits per heavy atom. The molecule has 2 heterocycles. The van der Waals surface area contributed by atoms with Crippen molar-refractivity contribution in [1.82, 2.24) is 14.3 Å². The molecule has 0 saturated heterocycles. The number of anilines is 3. The van der Waals surface area contributed by atoms with Crippen LogP contribution in [0.5, 0.6) is 0 Å². The van der Waals surface area contributed by atoms with E-state index in [1.54, 1.807) is 30.3 Å². The van der Waals surface area contributed by atoms with Gasteiger partial charge in [-0.15, -0.1) is 0 Å². The van der Waals surface area contributed by atoms with E-state index in [4.69, 9.17) is 0 Å². The molecular formula is C23H18F2IN5O3. The van der Waals surface area contributed by atoms with Crippen molar-refractivity contribution >= 4 is 56.5 Å². The lowest BCUT2D eigenvalue weighted by Gasteiger charge is -2.17. The second kappa shape index (κ2) is 8.97. The molecule has 174 valence electrons. The molecular weight excluding hydrogens is 559 g/mol. The summed E-state index contributed by atoms with van der Waals surface area (Å²) in [7, 11) is 2.71. The summed E-state index contributed by atoms with van der Waals surface area (Å²) >= 11 is 1.93. The first-order chi connectivity index (χ1) is 16.1. The van der Waals surface area contributed by atoms with Crippen LogP contribution in [-0.2, 0) is 18.9 Å². The molecule has 11 heteroatoms. The van der Waals surface area contributed by atoms with E-state index < -0.39 is 28.4 Å². The molecule has 0 radical (unpaired) electrons. The van der Waals surface area contributed by atoms with Crippen molar-refractivity contribution < 1.29 is 13.6 Å². The lowest BCUT2D eigenvalue weighted by atomic mass is 10.1. The molecule has 0 unspecified atom stereocenters. The van der Waals surface area contributed by atoms with E-state index in [0.29, 0.717) is 14.8 Å². The van der Waals surface area contributed by atoms with Crippen molar-refractivity contribution in [2.45, 2.75) is 6.92 Å². The van der Waals surface area contributed by atoms with Crippen LogP contribution in [0.15, 0.2) is 52.1 Å². The van der Waals surface area contributed by atoms with E-state index in [9.17, 15) is 18.8 Å². The summed E-state index contributed by atoms with van der Waals surface area (Å²) < 4.78 is 32.4. The molecule has 0 aliphatic carbocycles. The maximum atomic E-state index is 15.2. The van der Waals surface area contributed by atoms with E-state index in [1.807, 2.05) is 22.6 Å². The zero-order valence-electron chi connectivity index (χ0n) is 18.2. The third-order valence-electron chi connectivity index (χ3n) is 5.16. The summed E-state index contributed by atoms with van der Waals surface area (Å²) in [6.45, 7) is 1.36. The Morgan fingerprint density at radius 1 is 1.06 bits per heavy atom. The maximum absolute atomic E-state index is 15.2. The standard InChI is InChI=1S/C23H18F2IN5O3/c1-11(32)27-14-6-4-5-12(9-14)19-21-17(22(33)31(3)29-19)20(18(25)23(34)30(21)2)28-16-8-7-13(26)10-15(16)24/h4-10,28H,1-3H3,(H,27,32). The first kappa shape index (κ1) is 23.5. The molecule has 1 amide bonds. The number of amides is 1. The van der Waals surface area contributed by atoms with Gasteiger partial charge >= 0.3 is 0 Å². The van der Waals surface area contributed by atoms with Crippen LogP contribution in [-0.4, -0.2) is 20.3 Å². The number of nitrogens with one attached hydrogen (secondary N) is 2. The topological polar surface area (TPSA) is 98.0 Å². The molecule has 0 aliphatic heterocycles. The molecule has 0 aliphatic rings. The highest BCUT2D eigenvalue weighted by Gasteiger charge is 2.24. The highest BCUT2D eigenvalue weighted by Crippen LogP contribution is 2.32. The first-order valence-electron chi connectivity index (χ1n) is 9.98. The lowest BCUT2D eigenvalue weighted by molar-refractivity contribution is -0.114. The fourth-order valence-corrected chi connectivity index (χ4v) is 4.08. The van der Waals surface area contributed by atoms with Gasteiger partial charge in [0.2, 0.25) is 11.7 Å². The second-order valence-corrected chi connectivity index (χ2v) is 8.81. The van der Waals surface area contributed by atoms with E-state index in [1.165, 1.54) is 33.2 Å². The van der Waals surface area contributed by atoms with Gasteiger partial charge in [-0.3, -0.25) is 14.4 Å². The second-order valence-electron chi connectivity index (χ2n) is 7.57. The molecule has 8 nitrogen and oxygen atoms in total. The first-order valence-corrected chi connectivity index (χ1v) is 11.1. The minimum Gasteiger partial charge on any atom is -0.350 e. The summed E-state index contributed by atoms with van der Waals surface area (Å²) in [6.07, 6.45) is 0. The number of nitrogens with zero attached hydrogens (tertiary/aromatic N) is 3. The van der Waals surface area contributed by atoms with Gasteiger partial charge in [0.1, 0.15) is 11.5 Å². The fourth-order valence-electron chi connectivity index (χ4n) is 3.63. The Labute approximate surface area is 205 Å². The van der Waals surface area contributed by atoms with Gasteiger partial charge in [-0.2, -0.15) is 9.49 Å². The van der Waals surface area contributed by atoms with Crippen molar-refractivity contribution in [3.05, 3.63) is 78.4 Å². The van der Waals surface area contributed by atoms with E-state index in [-0.39, 0.29) is 28.2 Å². The van der Waals surface area contributed by atoms with Crippen molar-refractivity contribution in [3.8, 4) is 11.3 Å². The van der Waals surface area contributed by atoms with Gasteiger partial charge in [-0.25, -0.2) is 9.07 Å². The smallest absolute Gasteiger partial charge is 0.289 e. The van der Waals surface area contributed by atoms with Gasteiger partial charge in [-0.05, 0) is 52.9 Å². The molecule has 2 aromatic heterocycles. The van der Waals surface area contributed by atoms with Crippen LogP contribution in [0.1, 0.15) is 6.92 Å². The van der Waals surface area contributed by atoms with Crippen LogP contribution in [0.4, 0.5) is 25.8 Å². The zero-order valence-corrected chi connectivity index (χ0v) is 20.4. The Kier molecular flexibility index (Phi) is 6.21. The predicted molar refractivity (Wildman–Crippen MR) is 134 cm³/mol. The average molecular weight is 577 g/mol. The molecule has 4 rings (SSSR count). The van der Waals surface area contributed by atoms with Crippen LogP contribution >= 0.6 is 22.6 Å². The number of aryl methyl sites for hydroxylation is 2. The van der Waals surface area contributed by atoms with Crippen LogP contribution in [0.2, 0.25) is 0 Å². The molecule has 2 N–H and O–H groups in total. The Morgan fingerprint density at radius 3 is 2.47 bits per heavy atom. The number of benzene rings is 2. The van der Waals surface area contributed by atoms with Gasteiger partial charge in [0.05, 0.1) is 22.3 Å². The number of rotatable bonds is 4. The fraction of sp³-hybridized carbons (Fsp3) is 0.130. The lowest BCUT2D eigenvalue weighted by Crippen LogP contribution is -2.29. The molecule has 0 fully saturated rings. The minimum atomic E-state index is -1.23. The highest BCUT2D eigenvalue weighted by molar-refractivity contribution is 14.1. The number of hydrogen-bond donors (Lipinski definition) is 2. The summed E-state index contributed by atoms with van der Waals surface area (Å²) in [4.78, 5) is 37.4. The van der Waals surface area contributed by atoms with Crippen LogP contribution < -0.4 is 21.8 Å². The number of aromatic nitrogens is 3. The number of hydrogen-bond acceptors (Lipinski definition) is 5. The van der Waals surface area contributed by atoms with Crippen LogP contribution in [0, 0.1) is 15.2 Å². The van der Waals surface area contributed by atoms with Crippen molar-refractivity contribution in [3.63, 3.8) is 0 Å². The predicted octanol–water partition coefficient (Wildman–Crippen LogP) is 3.88. The number of carbonyl (C=O) groups excluding carboxylic acids is 1. The van der Waals surface area contributed by atoms with Crippen molar-refractivity contribution in [2.75, 3.05) is 10.6 Å². The van der Waals surface area contributed by atoms with Crippen LogP contribution in [0.25, 0.3) is 22.2 Å². The largest absolute Gasteiger partial charge is 0.350 e. The van der Waals surface area contributed by atoms with Crippen molar-refractivity contribution in [2.24, 2.45) is 14.1 Å². The SMILES string of the molecule is CC(=O)Nc1cccc(-c2nn(C)c(=O)c3c(Nc4ccc(I)cc4F)c(F)c(=O)n(C)c23)c1. The summed E-state index contributed by atoms with van der Waals surface area (Å²) in [6, 6.07) is 10.9. The monoisotopic (exact) mass is 577 g/mol. The molecule has 0 bridgehead atoms. The molecule has 0 atom stereocenters. The van der Waals surface area contributed by atoms with E-state index in [0.717, 1.165) is 9.25 Å². The Bertz CT molecular complexity index is 1600.